The van der Waals surface area contributed by atoms with Crippen LogP contribution in [-0.4, -0.2) is 26.7 Å². The summed E-state index contributed by atoms with van der Waals surface area (Å²) in [5.74, 6) is 0.454. The van der Waals surface area contributed by atoms with Gasteiger partial charge in [0.2, 0.25) is 0 Å². The van der Waals surface area contributed by atoms with Crippen molar-refractivity contribution >= 4 is 15.7 Å². The number of benzene rings is 3. The third kappa shape index (κ3) is 7.48. The van der Waals surface area contributed by atoms with Gasteiger partial charge in [-0.05, 0) is 79.6 Å². The zero-order valence-corrected chi connectivity index (χ0v) is 20.8. The summed E-state index contributed by atoms with van der Waals surface area (Å²) >= 11 is 0. The summed E-state index contributed by atoms with van der Waals surface area (Å²) in [5, 5.41) is 8.81. The fourth-order valence-electron chi connectivity index (χ4n) is 3.95. The molecule has 2 N–H and O–H groups in total. The van der Waals surface area contributed by atoms with Crippen LogP contribution in [0.3, 0.4) is 0 Å². The van der Waals surface area contributed by atoms with Crippen LogP contribution in [0.1, 0.15) is 41.5 Å². The smallest absolute Gasteiger partial charge is 0.418 e. The van der Waals surface area contributed by atoms with E-state index >= 15 is 0 Å². The number of rotatable bonds is 12. The van der Waals surface area contributed by atoms with Crippen molar-refractivity contribution in [1.29, 1.82) is 0 Å². The minimum absolute atomic E-state index is 0.00562. The van der Waals surface area contributed by atoms with Crippen LogP contribution >= 0.6 is 0 Å². The summed E-state index contributed by atoms with van der Waals surface area (Å²) in [4.78, 5) is -0.790. The van der Waals surface area contributed by atoms with Gasteiger partial charge >= 0.3 is 6.18 Å². The van der Waals surface area contributed by atoms with Crippen molar-refractivity contribution in [2.45, 2.75) is 50.1 Å². The summed E-state index contributed by atoms with van der Waals surface area (Å²) in [6.07, 6.45) is -2.36. The van der Waals surface area contributed by atoms with Crippen LogP contribution in [0.25, 0.3) is 0 Å². The van der Waals surface area contributed by atoms with E-state index in [4.69, 9.17) is 9.84 Å². The molecular weight excluding hydrogens is 491 g/mol. The summed E-state index contributed by atoms with van der Waals surface area (Å²) in [7, 11) is -4.52. The van der Waals surface area contributed by atoms with Gasteiger partial charge in [0.15, 0.2) is 0 Å². The van der Waals surface area contributed by atoms with E-state index in [1.54, 1.807) is 6.92 Å². The molecule has 5 nitrogen and oxygen atoms in total. The van der Waals surface area contributed by atoms with Gasteiger partial charge in [0.05, 0.1) is 17.1 Å². The molecule has 0 heterocycles. The monoisotopic (exact) mass is 521 g/mol. The Labute approximate surface area is 210 Å². The fourth-order valence-corrected chi connectivity index (χ4v) is 5.26. The molecule has 0 aromatic heterocycles. The molecule has 3 rings (SSSR count). The molecule has 0 spiro atoms. The molecule has 0 amide bonds. The first-order chi connectivity index (χ1) is 17.1. The SMILES string of the molecule is Cc1ccc(S(=O)(=O)Nc2ccc(OCCCO)cc2)c(C(F)(F)F)c1CCCCc1ccccc1. The fraction of sp³-hybridized carbons (Fsp3) is 0.333. The van der Waals surface area contributed by atoms with E-state index in [2.05, 4.69) is 4.72 Å². The second kappa shape index (κ2) is 12.3. The molecule has 0 aliphatic heterocycles. The Morgan fingerprint density at radius 2 is 1.56 bits per heavy atom. The zero-order chi connectivity index (χ0) is 26.2. The highest BCUT2D eigenvalue weighted by molar-refractivity contribution is 7.92. The number of halogens is 3. The largest absolute Gasteiger partial charge is 0.494 e. The van der Waals surface area contributed by atoms with Crippen LogP contribution in [0, 0.1) is 6.92 Å². The third-order valence-corrected chi connectivity index (χ3v) is 7.17. The van der Waals surface area contributed by atoms with Crippen molar-refractivity contribution in [2.24, 2.45) is 0 Å². The average Bonchev–Trinajstić information content (AvgIpc) is 2.83. The molecule has 194 valence electrons. The van der Waals surface area contributed by atoms with Crippen LogP contribution in [0.15, 0.2) is 71.6 Å². The van der Waals surface area contributed by atoms with Gasteiger partial charge in [0.25, 0.3) is 10.0 Å². The van der Waals surface area contributed by atoms with Crippen LogP contribution in [-0.2, 0) is 29.0 Å². The number of nitrogens with one attached hydrogen (secondary N) is 1. The number of aliphatic hydroxyl groups excluding tert-OH is 1. The molecule has 0 saturated carbocycles. The molecule has 0 bridgehead atoms. The molecule has 0 saturated heterocycles. The van der Waals surface area contributed by atoms with Crippen molar-refractivity contribution in [3.8, 4) is 5.75 Å². The van der Waals surface area contributed by atoms with Gasteiger partial charge in [-0.1, -0.05) is 36.4 Å². The van der Waals surface area contributed by atoms with Crippen LogP contribution in [0.2, 0.25) is 0 Å². The standard InChI is InChI=1S/C27H30F3NO4S/c1-20-12-17-25(36(33,34)31-22-13-15-23(16-14-22)35-19-7-18-32)26(27(28,29)30)24(20)11-6-5-10-21-8-3-2-4-9-21/h2-4,8-9,12-17,31-32H,5-7,10-11,18-19H2,1H3. The van der Waals surface area contributed by atoms with Crippen molar-refractivity contribution in [3.05, 3.63) is 89.0 Å². The predicted octanol–water partition coefficient (Wildman–Crippen LogP) is 6.14. The second-order valence-corrected chi connectivity index (χ2v) is 10.1. The van der Waals surface area contributed by atoms with Gasteiger partial charge < -0.3 is 9.84 Å². The lowest BCUT2D eigenvalue weighted by Gasteiger charge is -2.20. The predicted molar refractivity (Wildman–Crippen MR) is 134 cm³/mol. The molecule has 0 aliphatic carbocycles. The number of aryl methyl sites for hydroxylation is 2. The number of hydrogen-bond donors (Lipinski definition) is 2. The quantitative estimate of drug-likeness (QED) is 0.281. The summed E-state index contributed by atoms with van der Waals surface area (Å²) < 4.78 is 76.4. The van der Waals surface area contributed by atoms with Crippen molar-refractivity contribution in [2.75, 3.05) is 17.9 Å². The van der Waals surface area contributed by atoms with E-state index in [9.17, 15) is 21.6 Å². The van der Waals surface area contributed by atoms with Crippen molar-refractivity contribution in [1.82, 2.24) is 0 Å². The first-order valence-corrected chi connectivity index (χ1v) is 13.2. The highest BCUT2D eigenvalue weighted by atomic mass is 32.2. The Morgan fingerprint density at radius 1 is 0.889 bits per heavy atom. The van der Waals surface area contributed by atoms with Crippen LogP contribution < -0.4 is 9.46 Å². The average molecular weight is 522 g/mol. The molecule has 0 aliphatic rings. The maximum absolute atomic E-state index is 14.2. The van der Waals surface area contributed by atoms with Gasteiger partial charge in [-0.2, -0.15) is 13.2 Å². The van der Waals surface area contributed by atoms with Gasteiger partial charge in [0, 0.05) is 18.7 Å². The Morgan fingerprint density at radius 3 is 2.19 bits per heavy atom. The van der Waals surface area contributed by atoms with Crippen LogP contribution in [0.5, 0.6) is 5.75 Å². The Balaban J connectivity index is 1.81. The first kappa shape index (κ1) is 27.5. The maximum atomic E-state index is 14.2. The highest BCUT2D eigenvalue weighted by Crippen LogP contribution is 2.39. The molecule has 3 aromatic rings. The minimum atomic E-state index is -4.84. The minimum Gasteiger partial charge on any atom is -0.494 e. The number of sulfonamides is 1. The Hall–Kier alpha value is -3.04. The van der Waals surface area contributed by atoms with E-state index in [0.29, 0.717) is 30.6 Å². The topological polar surface area (TPSA) is 75.6 Å². The second-order valence-electron chi connectivity index (χ2n) is 8.48. The Bertz CT molecular complexity index is 1230. The first-order valence-electron chi connectivity index (χ1n) is 11.7. The number of anilines is 1. The maximum Gasteiger partial charge on any atom is 0.418 e. The number of aliphatic hydroxyl groups is 1. The molecule has 9 heteroatoms. The van der Waals surface area contributed by atoms with E-state index in [1.165, 1.54) is 30.3 Å². The molecule has 0 fully saturated rings. The molecule has 0 atom stereocenters. The van der Waals surface area contributed by atoms with Gasteiger partial charge in [-0.25, -0.2) is 8.42 Å². The zero-order valence-electron chi connectivity index (χ0n) is 20.0. The molecule has 0 radical (unpaired) electrons. The van der Waals surface area contributed by atoms with Crippen molar-refractivity contribution < 1.29 is 31.4 Å². The summed E-state index contributed by atoms with van der Waals surface area (Å²) in [6, 6.07) is 18.0. The van der Waals surface area contributed by atoms with Crippen LogP contribution in [0.4, 0.5) is 18.9 Å². The van der Waals surface area contributed by atoms with E-state index in [-0.39, 0.29) is 30.9 Å². The molecule has 0 unspecified atom stereocenters. The number of hydrogen-bond acceptors (Lipinski definition) is 4. The lowest BCUT2D eigenvalue weighted by molar-refractivity contribution is -0.140. The molecular formula is C27H30F3NO4S. The lowest BCUT2D eigenvalue weighted by atomic mass is 9.95. The normalized spacial score (nSPS) is 11.9. The van der Waals surface area contributed by atoms with Crippen molar-refractivity contribution in [3.63, 3.8) is 0 Å². The van der Waals surface area contributed by atoms with E-state index < -0.39 is 26.7 Å². The molecule has 3 aromatic carbocycles. The van der Waals surface area contributed by atoms with Gasteiger partial charge in [-0.3, -0.25) is 4.72 Å². The van der Waals surface area contributed by atoms with Gasteiger partial charge in [0.1, 0.15) is 5.75 Å². The lowest BCUT2D eigenvalue weighted by Crippen LogP contribution is -2.21. The third-order valence-electron chi connectivity index (χ3n) is 5.74. The van der Waals surface area contributed by atoms with Gasteiger partial charge in [-0.15, -0.1) is 0 Å². The van der Waals surface area contributed by atoms with E-state index in [0.717, 1.165) is 18.1 Å². The number of unbranched alkanes of at least 4 members (excludes halogenated alkanes) is 1. The summed E-state index contributed by atoms with van der Waals surface area (Å²) in [6.45, 7) is 1.83. The van der Waals surface area contributed by atoms with E-state index in [1.807, 2.05) is 30.3 Å². The number of alkyl halides is 3. The summed E-state index contributed by atoms with van der Waals surface area (Å²) in [5.41, 5.74) is 0.522. The highest BCUT2D eigenvalue weighted by Gasteiger charge is 2.40. The number of ether oxygens (including phenoxy) is 1. The Kier molecular flexibility index (Phi) is 9.39. The molecule has 36 heavy (non-hydrogen) atoms.